The second-order valence-electron chi connectivity index (χ2n) is 8.17. The maximum atomic E-state index is 13.4. The number of methoxy groups -OCH3 is 3. The molecule has 0 aliphatic heterocycles. The van der Waals surface area contributed by atoms with Crippen molar-refractivity contribution in [2.75, 3.05) is 21.3 Å². The van der Waals surface area contributed by atoms with Crippen LogP contribution in [0.5, 0.6) is 40.2 Å². The first-order valence-electron chi connectivity index (χ1n) is 11.4. The van der Waals surface area contributed by atoms with Gasteiger partial charge in [0.25, 0.3) is 0 Å². The number of carbonyl (C=O) groups excluding carboxylic acids is 3. The maximum Gasteiger partial charge on any atom is 0.193 e. The molecule has 10 heteroatoms. The molecule has 3 rings (SSSR count). The Morgan fingerprint density at radius 3 is 1.26 bits per heavy atom. The minimum absolute atomic E-state index is 0.154. The number of allylic oxidation sites excluding steroid dienone is 2. The van der Waals surface area contributed by atoms with Crippen LogP contribution in [0.1, 0.15) is 49.1 Å². The van der Waals surface area contributed by atoms with E-state index < -0.39 is 17.3 Å². The molecule has 3 aromatic carbocycles. The Morgan fingerprint density at radius 2 is 0.949 bits per heavy atom. The number of phenolic OH excluding ortho intramolecular Hbond substituents is 4. The highest BCUT2D eigenvalue weighted by Gasteiger charge is 2.33. The second kappa shape index (κ2) is 11.9. The molecule has 0 saturated carbocycles. The van der Waals surface area contributed by atoms with Crippen LogP contribution in [0.4, 0.5) is 0 Å². The van der Waals surface area contributed by atoms with Crippen LogP contribution in [-0.2, 0) is 0 Å². The van der Waals surface area contributed by atoms with Crippen molar-refractivity contribution in [3.63, 3.8) is 0 Å². The van der Waals surface area contributed by atoms with Crippen LogP contribution in [-0.4, -0.2) is 59.1 Å². The quantitative estimate of drug-likeness (QED) is 0.165. The van der Waals surface area contributed by atoms with Crippen molar-refractivity contribution in [1.82, 2.24) is 0 Å². The standard InChI is InChI=1S/C29H26O10/c1-15(30)24-27(37-2)25(20(33)11-7-16-5-9-18(31)22(35)13-16)29(39-4)26(28(24)38-3)21(34)12-8-17-6-10-19(32)23(36)14-17/h5-14,31-32,35-36H,1-4H3/b11-7-,12-8+. The first-order chi connectivity index (χ1) is 18.5. The monoisotopic (exact) mass is 534 g/mol. The van der Waals surface area contributed by atoms with E-state index in [4.69, 9.17) is 14.2 Å². The molecule has 0 aliphatic carbocycles. The molecule has 0 bridgehead atoms. The molecule has 0 heterocycles. The molecule has 0 aliphatic rings. The number of aromatic hydroxyl groups is 4. The summed E-state index contributed by atoms with van der Waals surface area (Å²) in [6.07, 6.45) is 4.98. The van der Waals surface area contributed by atoms with Gasteiger partial charge in [-0.05, 0) is 54.5 Å². The number of phenols is 4. The van der Waals surface area contributed by atoms with Gasteiger partial charge in [-0.25, -0.2) is 0 Å². The fraction of sp³-hybridized carbons (Fsp3) is 0.138. The molecule has 0 unspecified atom stereocenters. The van der Waals surface area contributed by atoms with Gasteiger partial charge >= 0.3 is 0 Å². The second-order valence-corrected chi connectivity index (χ2v) is 8.17. The van der Waals surface area contributed by atoms with Crippen LogP contribution >= 0.6 is 0 Å². The van der Waals surface area contributed by atoms with Crippen molar-refractivity contribution in [2.45, 2.75) is 6.92 Å². The third-order valence-electron chi connectivity index (χ3n) is 5.67. The summed E-state index contributed by atoms with van der Waals surface area (Å²) in [5.41, 5.74) is 0.175. The van der Waals surface area contributed by atoms with Crippen molar-refractivity contribution in [3.8, 4) is 40.2 Å². The SMILES string of the molecule is COc1c(C(C)=O)c(OC)c(C(=O)/C=C/c2ccc(O)c(O)c2)c(OC)c1C(=O)/C=C\c1ccc(O)c(O)c1. The van der Waals surface area contributed by atoms with Gasteiger partial charge in [-0.1, -0.05) is 24.3 Å². The molecule has 0 radical (unpaired) electrons. The van der Waals surface area contributed by atoms with Crippen LogP contribution in [0.3, 0.4) is 0 Å². The highest BCUT2D eigenvalue weighted by atomic mass is 16.5. The summed E-state index contributed by atoms with van der Waals surface area (Å²) in [6.45, 7) is 1.22. The normalized spacial score (nSPS) is 11.1. The zero-order valence-electron chi connectivity index (χ0n) is 21.5. The zero-order chi connectivity index (χ0) is 28.9. The molecule has 0 fully saturated rings. The van der Waals surface area contributed by atoms with E-state index in [9.17, 15) is 34.8 Å². The van der Waals surface area contributed by atoms with Crippen molar-refractivity contribution in [3.05, 3.63) is 76.4 Å². The molecule has 0 amide bonds. The van der Waals surface area contributed by atoms with E-state index in [0.29, 0.717) is 11.1 Å². The molecule has 0 aromatic heterocycles. The largest absolute Gasteiger partial charge is 0.504 e. The lowest BCUT2D eigenvalue weighted by Crippen LogP contribution is -2.15. The molecule has 39 heavy (non-hydrogen) atoms. The Hall–Kier alpha value is -5.25. The summed E-state index contributed by atoms with van der Waals surface area (Å²) in [7, 11) is 3.73. The number of hydrogen-bond donors (Lipinski definition) is 4. The number of hydrogen-bond acceptors (Lipinski definition) is 10. The van der Waals surface area contributed by atoms with Crippen LogP contribution in [0, 0.1) is 0 Å². The Kier molecular flexibility index (Phi) is 8.62. The average Bonchev–Trinajstić information content (AvgIpc) is 2.91. The summed E-state index contributed by atoms with van der Waals surface area (Å²) in [5, 5.41) is 38.5. The van der Waals surface area contributed by atoms with E-state index in [0.717, 1.165) is 12.2 Å². The minimum Gasteiger partial charge on any atom is -0.504 e. The van der Waals surface area contributed by atoms with Gasteiger partial charge in [0.05, 0.1) is 21.3 Å². The Bertz CT molecular complexity index is 1410. The fourth-order valence-corrected chi connectivity index (χ4v) is 3.86. The lowest BCUT2D eigenvalue weighted by atomic mass is 9.93. The zero-order valence-corrected chi connectivity index (χ0v) is 21.5. The Balaban J connectivity index is 2.22. The van der Waals surface area contributed by atoms with Gasteiger partial charge in [0.15, 0.2) is 40.3 Å². The van der Waals surface area contributed by atoms with E-state index in [1.165, 1.54) is 76.8 Å². The van der Waals surface area contributed by atoms with Gasteiger partial charge in [-0.15, -0.1) is 0 Å². The highest BCUT2D eigenvalue weighted by Crippen LogP contribution is 2.45. The van der Waals surface area contributed by atoms with E-state index in [2.05, 4.69) is 0 Å². The summed E-state index contributed by atoms with van der Waals surface area (Å²) >= 11 is 0. The summed E-state index contributed by atoms with van der Waals surface area (Å²) < 4.78 is 16.3. The number of ether oxygens (including phenoxy) is 3. The lowest BCUT2D eigenvalue weighted by Gasteiger charge is -2.21. The molecule has 0 spiro atoms. The summed E-state index contributed by atoms with van der Waals surface area (Å²) in [5.74, 6) is -3.90. The first-order valence-corrected chi connectivity index (χ1v) is 11.4. The Labute approximate surface area is 223 Å². The number of ketones is 3. The molecule has 202 valence electrons. The predicted octanol–water partition coefficient (Wildman–Crippen LogP) is 4.53. The topological polar surface area (TPSA) is 160 Å². The molecule has 0 atom stereocenters. The molecule has 3 aromatic rings. The van der Waals surface area contributed by atoms with Crippen LogP contribution in [0.15, 0.2) is 48.6 Å². The fourth-order valence-electron chi connectivity index (χ4n) is 3.86. The van der Waals surface area contributed by atoms with Crippen molar-refractivity contribution < 1.29 is 49.0 Å². The van der Waals surface area contributed by atoms with E-state index in [-0.39, 0.29) is 56.9 Å². The highest BCUT2D eigenvalue weighted by molar-refractivity contribution is 6.20. The lowest BCUT2D eigenvalue weighted by molar-refractivity contribution is 0.101. The molecular weight excluding hydrogens is 508 g/mol. The van der Waals surface area contributed by atoms with Crippen LogP contribution < -0.4 is 14.2 Å². The van der Waals surface area contributed by atoms with Crippen molar-refractivity contribution in [1.29, 1.82) is 0 Å². The number of benzene rings is 3. The van der Waals surface area contributed by atoms with Crippen molar-refractivity contribution >= 4 is 29.5 Å². The first kappa shape index (κ1) is 28.3. The van der Waals surface area contributed by atoms with Gasteiger partial charge < -0.3 is 34.6 Å². The van der Waals surface area contributed by atoms with E-state index in [1.807, 2.05) is 0 Å². The van der Waals surface area contributed by atoms with Gasteiger partial charge in [-0.3, -0.25) is 14.4 Å². The number of Topliss-reactive ketones (excluding diaryl/α,β-unsaturated/α-hetero) is 1. The van der Waals surface area contributed by atoms with Gasteiger partial charge in [0, 0.05) is 0 Å². The van der Waals surface area contributed by atoms with Crippen molar-refractivity contribution in [2.24, 2.45) is 0 Å². The van der Waals surface area contributed by atoms with E-state index in [1.54, 1.807) is 0 Å². The smallest absolute Gasteiger partial charge is 0.193 e. The number of carbonyl (C=O) groups is 3. The third kappa shape index (κ3) is 5.85. The van der Waals surface area contributed by atoms with Crippen LogP contribution in [0.2, 0.25) is 0 Å². The average molecular weight is 535 g/mol. The predicted molar refractivity (Wildman–Crippen MR) is 142 cm³/mol. The molecule has 10 nitrogen and oxygen atoms in total. The molecule has 0 saturated heterocycles. The molecule has 4 N–H and O–H groups in total. The van der Waals surface area contributed by atoms with E-state index >= 15 is 0 Å². The summed E-state index contributed by atoms with van der Waals surface area (Å²) in [6, 6.07) is 7.90. The maximum absolute atomic E-state index is 13.4. The van der Waals surface area contributed by atoms with Crippen LogP contribution in [0.25, 0.3) is 12.2 Å². The number of rotatable bonds is 10. The minimum atomic E-state index is -0.692. The third-order valence-corrected chi connectivity index (χ3v) is 5.67. The van der Waals surface area contributed by atoms with Gasteiger partial charge in [-0.2, -0.15) is 0 Å². The van der Waals surface area contributed by atoms with Gasteiger partial charge in [0.1, 0.15) is 33.9 Å². The molecular formula is C29H26O10. The Morgan fingerprint density at radius 1 is 0.590 bits per heavy atom. The summed E-state index contributed by atoms with van der Waals surface area (Å²) in [4.78, 5) is 39.6. The van der Waals surface area contributed by atoms with Gasteiger partial charge in [0.2, 0.25) is 0 Å².